The Kier molecular flexibility index (Phi) is 4.75. The summed E-state index contributed by atoms with van der Waals surface area (Å²) in [5.41, 5.74) is 6.32. The second-order valence-electron chi connectivity index (χ2n) is 4.13. The summed E-state index contributed by atoms with van der Waals surface area (Å²) in [5.74, 6) is 0.367. The van der Waals surface area contributed by atoms with Crippen molar-refractivity contribution < 1.29 is 0 Å². The van der Waals surface area contributed by atoms with E-state index in [4.69, 9.17) is 5.73 Å². The number of aryl methyl sites for hydroxylation is 1. The van der Waals surface area contributed by atoms with E-state index in [0.29, 0.717) is 24.6 Å². The van der Waals surface area contributed by atoms with E-state index in [2.05, 4.69) is 10.3 Å². The highest BCUT2D eigenvalue weighted by molar-refractivity contribution is 5.78. The first kappa shape index (κ1) is 13.3. The standard InChI is InChI=1S/C12H20N4O/c1-4-16-7-5-6-10(11(16)17)8-14-12(13)15-9(2)3/h5-7,9H,4,8H2,1-3H3,(H3,13,14,15). The van der Waals surface area contributed by atoms with Crippen LogP contribution in [0.4, 0.5) is 0 Å². The number of nitrogens with two attached hydrogens (primary N) is 1. The van der Waals surface area contributed by atoms with Crippen LogP contribution in [0, 0.1) is 0 Å². The number of pyridine rings is 1. The zero-order valence-corrected chi connectivity index (χ0v) is 10.6. The SMILES string of the molecule is CCn1cccc(CN=C(N)NC(C)C)c1=O. The number of aliphatic imine (C=N–C) groups is 1. The van der Waals surface area contributed by atoms with Crippen molar-refractivity contribution in [2.24, 2.45) is 10.7 Å². The van der Waals surface area contributed by atoms with Crippen LogP contribution in [-0.2, 0) is 13.1 Å². The summed E-state index contributed by atoms with van der Waals surface area (Å²) in [4.78, 5) is 16.0. The molecule has 0 spiro atoms. The Morgan fingerprint density at radius 1 is 1.59 bits per heavy atom. The van der Waals surface area contributed by atoms with Gasteiger partial charge in [-0.15, -0.1) is 0 Å². The van der Waals surface area contributed by atoms with E-state index >= 15 is 0 Å². The Hall–Kier alpha value is -1.78. The zero-order valence-electron chi connectivity index (χ0n) is 10.6. The van der Waals surface area contributed by atoms with E-state index in [1.165, 1.54) is 0 Å². The fourth-order valence-electron chi connectivity index (χ4n) is 1.47. The van der Waals surface area contributed by atoms with Crippen molar-refractivity contribution in [2.45, 2.75) is 39.9 Å². The minimum Gasteiger partial charge on any atom is -0.370 e. The van der Waals surface area contributed by atoms with Gasteiger partial charge in [0.15, 0.2) is 5.96 Å². The molecular weight excluding hydrogens is 216 g/mol. The van der Waals surface area contributed by atoms with Gasteiger partial charge in [0.25, 0.3) is 5.56 Å². The van der Waals surface area contributed by atoms with Gasteiger partial charge >= 0.3 is 0 Å². The summed E-state index contributed by atoms with van der Waals surface area (Å²) >= 11 is 0. The van der Waals surface area contributed by atoms with E-state index in [0.717, 1.165) is 0 Å². The van der Waals surface area contributed by atoms with Gasteiger partial charge in [-0.1, -0.05) is 6.07 Å². The first-order valence-corrected chi connectivity index (χ1v) is 5.79. The molecule has 0 saturated carbocycles. The van der Waals surface area contributed by atoms with Gasteiger partial charge in [-0.2, -0.15) is 0 Å². The van der Waals surface area contributed by atoms with Gasteiger partial charge in [0.2, 0.25) is 0 Å². The molecule has 1 aromatic rings. The maximum atomic E-state index is 11.9. The smallest absolute Gasteiger partial charge is 0.255 e. The largest absolute Gasteiger partial charge is 0.370 e. The predicted molar refractivity (Wildman–Crippen MR) is 70.0 cm³/mol. The number of guanidine groups is 1. The van der Waals surface area contributed by atoms with Crippen molar-refractivity contribution in [3.63, 3.8) is 0 Å². The number of aromatic nitrogens is 1. The van der Waals surface area contributed by atoms with Gasteiger partial charge < -0.3 is 15.6 Å². The number of hydrogen-bond acceptors (Lipinski definition) is 2. The molecule has 0 aliphatic heterocycles. The average molecular weight is 236 g/mol. The van der Waals surface area contributed by atoms with Crippen LogP contribution in [0.2, 0.25) is 0 Å². The lowest BCUT2D eigenvalue weighted by molar-refractivity contribution is 0.709. The normalized spacial score (nSPS) is 11.9. The molecule has 5 heteroatoms. The van der Waals surface area contributed by atoms with Crippen LogP contribution < -0.4 is 16.6 Å². The second kappa shape index (κ2) is 6.08. The molecule has 1 aromatic heterocycles. The third-order valence-corrected chi connectivity index (χ3v) is 2.30. The summed E-state index contributed by atoms with van der Waals surface area (Å²) in [7, 11) is 0. The molecule has 0 unspecified atom stereocenters. The topological polar surface area (TPSA) is 72.4 Å². The maximum absolute atomic E-state index is 11.9. The lowest BCUT2D eigenvalue weighted by Crippen LogP contribution is -2.36. The molecule has 17 heavy (non-hydrogen) atoms. The van der Waals surface area contributed by atoms with Crippen molar-refractivity contribution in [1.29, 1.82) is 0 Å². The molecule has 0 fully saturated rings. The first-order valence-electron chi connectivity index (χ1n) is 5.79. The number of nitrogens with one attached hydrogen (secondary N) is 1. The van der Waals surface area contributed by atoms with E-state index in [1.807, 2.05) is 26.8 Å². The maximum Gasteiger partial charge on any atom is 0.255 e. The molecule has 0 radical (unpaired) electrons. The Balaban J connectivity index is 2.79. The number of nitrogens with zero attached hydrogens (tertiary/aromatic N) is 2. The Labute approximate surface area is 101 Å². The molecule has 3 N–H and O–H groups in total. The summed E-state index contributed by atoms with van der Waals surface area (Å²) in [5, 5.41) is 2.98. The highest BCUT2D eigenvalue weighted by atomic mass is 16.1. The third kappa shape index (κ3) is 3.94. The van der Waals surface area contributed by atoms with E-state index in [9.17, 15) is 4.79 Å². The highest BCUT2D eigenvalue weighted by Crippen LogP contribution is 1.94. The molecule has 0 amide bonds. The second-order valence-corrected chi connectivity index (χ2v) is 4.13. The van der Waals surface area contributed by atoms with E-state index in [1.54, 1.807) is 16.8 Å². The average Bonchev–Trinajstić information content (AvgIpc) is 2.27. The van der Waals surface area contributed by atoms with Gasteiger partial charge in [0, 0.05) is 24.3 Å². The Morgan fingerprint density at radius 2 is 2.29 bits per heavy atom. The lowest BCUT2D eigenvalue weighted by atomic mass is 10.3. The molecule has 0 bridgehead atoms. The summed E-state index contributed by atoms with van der Waals surface area (Å²) in [6, 6.07) is 3.87. The molecule has 1 rings (SSSR count). The third-order valence-electron chi connectivity index (χ3n) is 2.30. The zero-order chi connectivity index (χ0) is 12.8. The van der Waals surface area contributed by atoms with Crippen LogP contribution >= 0.6 is 0 Å². The fourth-order valence-corrected chi connectivity index (χ4v) is 1.47. The Morgan fingerprint density at radius 3 is 2.88 bits per heavy atom. The van der Waals surface area contributed by atoms with Crippen LogP contribution in [0.15, 0.2) is 28.1 Å². The van der Waals surface area contributed by atoms with Gasteiger partial charge in [0.05, 0.1) is 6.54 Å². The van der Waals surface area contributed by atoms with E-state index in [-0.39, 0.29) is 11.6 Å². The van der Waals surface area contributed by atoms with Crippen LogP contribution in [-0.4, -0.2) is 16.6 Å². The summed E-state index contributed by atoms with van der Waals surface area (Å²) in [6.45, 7) is 6.87. The van der Waals surface area contributed by atoms with Crippen LogP contribution in [0.5, 0.6) is 0 Å². The quantitative estimate of drug-likeness (QED) is 0.596. The fraction of sp³-hybridized carbons (Fsp3) is 0.500. The minimum atomic E-state index is -0.00361. The van der Waals surface area contributed by atoms with Gasteiger partial charge in [-0.05, 0) is 26.8 Å². The number of rotatable bonds is 4. The molecule has 5 nitrogen and oxygen atoms in total. The molecule has 0 atom stereocenters. The van der Waals surface area contributed by atoms with Crippen LogP contribution in [0.25, 0.3) is 0 Å². The van der Waals surface area contributed by atoms with Crippen molar-refractivity contribution in [3.8, 4) is 0 Å². The van der Waals surface area contributed by atoms with E-state index < -0.39 is 0 Å². The van der Waals surface area contributed by atoms with Gasteiger partial charge in [-0.3, -0.25) is 4.79 Å². The van der Waals surface area contributed by atoms with Crippen molar-refractivity contribution in [1.82, 2.24) is 9.88 Å². The van der Waals surface area contributed by atoms with Crippen molar-refractivity contribution in [3.05, 3.63) is 34.2 Å². The van der Waals surface area contributed by atoms with Gasteiger partial charge in [0.1, 0.15) is 0 Å². The van der Waals surface area contributed by atoms with Crippen molar-refractivity contribution >= 4 is 5.96 Å². The molecule has 0 aliphatic carbocycles. The van der Waals surface area contributed by atoms with Crippen LogP contribution in [0.1, 0.15) is 26.3 Å². The molecule has 0 aromatic carbocycles. The van der Waals surface area contributed by atoms with Crippen molar-refractivity contribution in [2.75, 3.05) is 0 Å². The highest BCUT2D eigenvalue weighted by Gasteiger charge is 2.01. The predicted octanol–water partition coefficient (Wildman–Crippen LogP) is 0.681. The van der Waals surface area contributed by atoms with Gasteiger partial charge in [-0.25, -0.2) is 4.99 Å². The van der Waals surface area contributed by atoms with Crippen LogP contribution in [0.3, 0.4) is 0 Å². The lowest BCUT2D eigenvalue weighted by Gasteiger charge is -2.08. The first-order chi connectivity index (χ1) is 8.04. The minimum absolute atomic E-state index is 0.00361. The molecule has 1 heterocycles. The Bertz CT molecular complexity index is 448. The molecule has 0 aliphatic rings. The monoisotopic (exact) mass is 236 g/mol. The summed E-state index contributed by atoms with van der Waals surface area (Å²) in [6.07, 6.45) is 1.77. The molecular formula is C12H20N4O. The summed E-state index contributed by atoms with van der Waals surface area (Å²) < 4.78 is 1.65. The molecule has 94 valence electrons. The molecule has 0 saturated heterocycles. The number of hydrogen-bond donors (Lipinski definition) is 2.